The number of aromatic amines is 2. The van der Waals surface area contributed by atoms with Gasteiger partial charge in [-0.15, -0.1) is 0 Å². The lowest BCUT2D eigenvalue weighted by atomic mass is 10.1. The summed E-state index contributed by atoms with van der Waals surface area (Å²) in [6.45, 7) is 2.79. The molecule has 2 N–H and O–H groups in total. The average molecular weight is 303 g/mol. The molecule has 0 saturated heterocycles. The molecule has 118 valence electrons. The summed E-state index contributed by atoms with van der Waals surface area (Å²) in [6, 6.07) is 1.56. The van der Waals surface area contributed by atoms with Crippen LogP contribution in [0, 0.1) is 5.92 Å². The average Bonchev–Trinajstić information content (AvgIpc) is 3.27. The first-order valence-corrected chi connectivity index (χ1v) is 7.99. The molecule has 0 atom stereocenters. The Hall–Kier alpha value is -2.11. The first kappa shape index (κ1) is 14.8. The molecule has 0 radical (unpaired) electrons. The third kappa shape index (κ3) is 2.91. The zero-order valence-electron chi connectivity index (χ0n) is 12.8. The summed E-state index contributed by atoms with van der Waals surface area (Å²) in [5, 5.41) is 0.0471. The van der Waals surface area contributed by atoms with Gasteiger partial charge in [-0.1, -0.05) is 26.2 Å². The monoisotopic (exact) mass is 303 g/mol. The fourth-order valence-electron chi connectivity index (χ4n) is 2.89. The maximum absolute atomic E-state index is 12.3. The highest BCUT2D eigenvalue weighted by molar-refractivity contribution is 5.73. The lowest BCUT2D eigenvalue weighted by molar-refractivity contribution is 0.595. The number of aryl methyl sites for hydroxylation is 2. The second-order valence-corrected chi connectivity index (χ2v) is 6.12. The predicted octanol–water partition coefficient (Wildman–Crippen LogP) is 1.52. The molecule has 6 heteroatoms. The van der Waals surface area contributed by atoms with Gasteiger partial charge >= 0.3 is 5.69 Å². The van der Waals surface area contributed by atoms with Crippen LogP contribution in [0.3, 0.4) is 0 Å². The molecule has 0 amide bonds. The van der Waals surface area contributed by atoms with Crippen molar-refractivity contribution in [3.63, 3.8) is 0 Å². The van der Waals surface area contributed by atoms with E-state index in [0.29, 0.717) is 12.2 Å². The molecule has 2 aromatic heterocycles. The maximum atomic E-state index is 12.3. The van der Waals surface area contributed by atoms with E-state index in [4.69, 9.17) is 0 Å². The highest BCUT2D eigenvalue weighted by Crippen LogP contribution is 2.33. The number of H-pyrrole nitrogens is 2. The quantitative estimate of drug-likeness (QED) is 0.848. The van der Waals surface area contributed by atoms with Crippen LogP contribution in [0.25, 0.3) is 11.0 Å². The second-order valence-electron chi connectivity index (χ2n) is 6.12. The third-order valence-electron chi connectivity index (χ3n) is 4.32. The van der Waals surface area contributed by atoms with Gasteiger partial charge in [0.25, 0.3) is 5.56 Å². The molecular formula is C16H21N3O3. The molecule has 6 nitrogen and oxygen atoms in total. The Labute approximate surface area is 127 Å². The van der Waals surface area contributed by atoms with Gasteiger partial charge in [-0.2, -0.15) is 0 Å². The molecule has 2 aromatic rings. The van der Waals surface area contributed by atoms with Crippen molar-refractivity contribution in [1.82, 2.24) is 14.5 Å². The summed E-state index contributed by atoms with van der Waals surface area (Å²) in [7, 11) is 0. The Kier molecular flexibility index (Phi) is 4.00. The topological polar surface area (TPSA) is 87.7 Å². The summed E-state index contributed by atoms with van der Waals surface area (Å²) in [4.78, 5) is 40.6. The van der Waals surface area contributed by atoms with E-state index in [2.05, 4.69) is 16.9 Å². The standard InChI is InChI=1S/C16H21N3O3/c1-2-3-8-19-11(7-6-10-4-5-10)9-12(20)13-14(19)17-16(22)18-15(13)21/h9-10H,2-8H2,1H3,(H2,17,18,21,22). The van der Waals surface area contributed by atoms with Crippen LogP contribution in [-0.4, -0.2) is 14.5 Å². The minimum absolute atomic E-state index is 0.0471. The predicted molar refractivity (Wildman–Crippen MR) is 85.4 cm³/mol. The molecular weight excluding hydrogens is 282 g/mol. The van der Waals surface area contributed by atoms with Crippen molar-refractivity contribution in [2.24, 2.45) is 5.92 Å². The molecule has 0 aromatic carbocycles. The van der Waals surface area contributed by atoms with E-state index in [1.54, 1.807) is 6.07 Å². The Bertz CT molecular complexity index is 856. The third-order valence-corrected chi connectivity index (χ3v) is 4.32. The number of unbranched alkanes of at least 4 members (excludes halogenated alkanes) is 1. The van der Waals surface area contributed by atoms with E-state index in [0.717, 1.165) is 37.3 Å². The summed E-state index contributed by atoms with van der Waals surface area (Å²) in [5.41, 5.74) is -0.213. The zero-order valence-corrected chi connectivity index (χ0v) is 12.8. The normalized spacial score (nSPS) is 14.6. The number of pyridine rings is 1. The number of hydrogen-bond donors (Lipinski definition) is 2. The number of fused-ring (bicyclic) bond motifs is 1. The highest BCUT2D eigenvalue weighted by Gasteiger charge is 2.22. The van der Waals surface area contributed by atoms with E-state index in [9.17, 15) is 14.4 Å². The Morgan fingerprint density at radius 1 is 1.23 bits per heavy atom. The SMILES string of the molecule is CCCCn1c(CCC2CC2)cc(=O)c2c(=O)[nH]c(=O)[nH]c21. The number of hydrogen-bond acceptors (Lipinski definition) is 3. The summed E-state index contributed by atoms with van der Waals surface area (Å²) in [6.07, 6.45) is 6.35. The van der Waals surface area contributed by atoms with Crippen LogP contribution in [0.2, 0.25) is 0 Å². The number of rotatable bonds is 6. The maximum Gasteiger partial charge on any atom is 0.327 e. The van der Waals surface area contributed by atoms with Crippen LogP contribution in [0.5, 0.6) is 0 Å². The zero-order chi connectivity index (χ0) is 15.7. The van der Waals surface area contributed by atoms with Crippen molar-refractivity contribution in [2.45, 2.75) is 52.0 Å². The van der Waals surface area contributed by atoms with Gasteiger partial charge in [-0.3, -0.25) is 19.6 Å². The number of nitrogens with zero attached hydrogens (tertiary/aromatic N) is 1. The molecule has 1 aliphatic rings. The van der Waals surface area contributed by atoms with Crippen molar-refractivity contribution >= 4 is 11.0 Å². The van der Waals surface area contributed by atoms with Gasteiger partial charge in [-0.05, 0) is 25.2 Å². The molecule has 3 rings (SSSR count). The van der Waals surface area contributed by atoms with E-state index in [-0.39, 0.29) is 10.8 Å². The van der Waals surface area contributed by atoms with Crippen molar-refractivity contribution in [3.05, 3.63) is 42.8 Å². The van der Waals surface area contributed by atoms with E-state index >= 15 is 0 Å². The molecule has 0 bridgehead atoms. The van der Waals surface area contributed by atoms with E-state index in [1.807, 2.05) is 4.57 Å². The van der Waals surface area contributed by atoms with Crippen LogP contribution >= 0.6 is 0 Å². The summed E-state index contributed by atoms with van der Waals surface area (Å²) >= 11 is 0. The Balaban J connectivity index is 2.17. The molecule has 2 heterocycles. The van der Waals surface area contributed by atoms with Gasteiger partial charge in [-0.25, -0.2) is 4.79 Å². The van der Waals surface area contributed by atoms with Crippen molar-refractivity contribution in [2.75, 3.05) is 0 Å². The van der Waals surface area contributed by atoms with Gasteiger partial charge in [0.2, 0.25) is 0 Å². The fourth-order valence-corrected chi connectivity index (χ4v) is 2.89. The van der Waals surface area contributed by atoms with Crippen molar-refractivity contribution < 1.29 is 0 Å². The number of nitrogens with one attached hydrogen (secondary N) is 2. The molecule has 1 fully saturated rings. The smallest absolute Gasteiger partial charge is 0.327 e. The summed E-state index contributed by atoms with van der Waals surface area (Å²) in [5.74, 6) is 0.767. The van der Waals surface area contributed by atoms with Gasteiger partial charge in [0, 0.05) is 18.3 Å². The lowest BCUT2D eigenvalue weighted by Gasteiger charge is -2.15. The first-order valence-electron chi connectivity index (χ1n) is 7.99. The Morgan fingerprint density at radius 3 is 2.68 bits per heavy atom. The second kappa shape index (κ2) is 5.94. The molecule has 0 aliphatic heterocycles. The van der Waals surface area contributed by atoms with Crippen molar-refractivity contribution in [3.8, 4) is 0 Å². The molecule has 1 aliphatic carbocycles. The van der Waals surface area contributed by atoms with Crippen LogP contribution in [0.4, 0.5) is 0 Å². The van der Waals surface area contributed by atoms with Gasteiger partial charge in [0.05, 0.1) is 0 Å². The number of aromatic nitrogens is 3. The summed E-state index contributed by atoms with van der Waals surface area (Å²) < 4.78 is 1.94. The minimum Gasteiger partial charge on any atom is -0.331 e. The highest BCUT2D eigenvalue weighted by atomic mass is 16.2. The molecule has 22 heavy (non-hydrogen) atoms. The van der Waals surface area contributed by atoms with E-state index < -0.39 is 11.2 Å². The van der Waals surface area contributed by atoms with Crippen LogP contribution in [-0.2, 0) is 13.0 Å². The van der Waals surface area contributed by atoms with E-state index in [1.165, 1.54) is 12.8 Å². The van der Waals surface area contributed by atoms with Gasteiger partial charge in [0.1, 0.15) is 11.0 Å². The van der Waals surface area contributed by atoms with Crippen molar-refractivity contribution in [1.29, 1.82) is 0 Å². The lowest BCUT2D eigenvalue weighted by Crippen LogP contribution is -2.29. The Morgan fingerprint density at radius 2 is 2.00 bits per heavy atom. The van der Waals surface area contributed by atoms with Crippen LogP contribution in [0.1, 0.15) is 44.7 Å². The minimum atomic E-state index is -0.609. The molecule has 0 spiro atoms. The first-order chi connectivity index (χ1) is 10.6. The van der Waals surface area contributed by atoms with Gasteiger partial charge < -0.3 is 4.57 Å². The van der Waals surface area contributed by atoms with Gasteiger partial charge in [0.15, 0.2) is 5.43 Å². The molecule has 1 saturated carbocycles. The van der Waals surface area contributed by atoms with Crippen LogP contribution < -0.4 is 16.7 Å². The molecule has 0 unspecified atom stereocenters. The van der Waals surface area contributed by atoms with Crippen LogP contribution in [0.15, 0.2) is 20.4 Å². The fraction of sp³-hybridized carbons (Fsp3) is 0.562. The largest absolute Gasteiger partial charge is 0.331 e.